The minimum Gasteiger partial charge on any atom is -0.491 e. The van der Waals surface area contributed by atoms with Crippen LogP contribution in [-0.4, -0.2) is 11.2 Å². The van der Waals surface area contributed by atoms with E-state index in [9.17, 15) is 5.11 Å². The predicted molar refractivity (Wildman–Crippen MR) is 86.7 cm³/mol. The lowest BCUT2D eigenvalue weighted by atomic mass is 9.98. The van der Waals surface area contributed by atoms with Gasteiger partial charge in [-0.1, -0.05) is 36.4 Å². The van der Waals surface area contributed by atoms with Crippen LogP contribution in [0.15, 0.2) is 48.5 Å². The Hall–Kier alpha value is -1.80. The molecule has 0 aromatic heterocycles. The molecule has 2 aromatic carbocycles. The third-order valence-corrected chi connectivity index (χ3v) is 3.56. The highest BCUT2D eigenvalue weighted by atomic mass is 16.5. The van der Waals surface area contributed by atoms with E-state index in [0.29, 0.717) is 0 Å². The largest absolute Gasteiger partial charge is 0.491 e. The standard InChI is InChI=1S/C19H24O2/c1-14(2)21-18-10-6-9-17(13-18)19(20)12-11-16-8-5-4-7-15(16)3/h4-10,13-14,19-20H,11-12H2,1-3H3. The first-order valence-electron chi connectivity index (χ1n) is 7.55. The summed E-state index contributed by atoms with van der Waals surface area (Å²) in [5.74, 6) is 0.817. The van der Waals surface area contributed by atoms with E-state index in [1.54, 1.807) is 0 Å². The first kappa shape index (κ1) is 15.6. The van der Waals surface area contributed by atoms with E-state index in [1.165, 1.54) is 11.1 Å². The van der Waals surface area contributed by atoms with E-state index < -0.39 is 6.10 Å². The lowest BCUT2D eigenvalue weighted by molar-refractivity contribution is 0.166. The van der Waals surface area contributed by atoms with Crippen LogP contribution in [0.5, 0.6) is 5.75 Å². The minimum atomic E-state index is -0.458. The van der Waals surface area contributed by atoms with E-state index in [0.717, 1.165) is 24.2 Å². The van der Waals surface area contributed by atoms with Crippen molar-refractivity contribution in [2.45, 2.75) is 45.8 Å². The van der Waals surface area contributed by atoms with Gasteiger partial charge in [-0.25, -0.2) is 0 Å². The van der Waals surface area contributed by atoms with Crippen LogP contribution in [0, 0.1) is 6.92 Å². The van der Waals surface area contributed by atoms with Crippen LogP contribution >= 0.6 is 0 Å². The van der Waals surface area contributed by atoms with Crippen molar-refractivity contribution >= 4 is 0 Å². The molecule has 112 valence electrons. The van der Waals surface area contributed by atoms with Gasteiger partial charge in [0.1, 0.15) is 5.75 Å². The van der Waals surface area contributed by atoms with Gasteiger partial charge >= 0.3 is 0 Å². The Bertz CT molecular complexity index is 575. The van der Waals surface area contributed by atoms with E-state index in [4.69, 9.17) is 4.74 Å². The van der Waals surface area contributed by atoms with Crippen molar-refractivity contribution in [1.82, 2.24) is 0 Å². The quantitative estimate of drug-likeness (QED) is 0.849. The molecule has 2 nitrogen and oxygen atoms in total. The Kier molecular flexibility index (Phi) is 5.40. The van der Waals surface area contributed by atoms with Crippen molar-refractivity contribution < 1.29 is 9.84 Å². The fourth-order valence-corrected chi connectivity index (χ4v) is 2.42. The summed E-state index contributed by atoms with van der Waals surface area (Å²) in [4.78, 5) is 0. The van der Waals surface area contributed by atoms with Crippen LogP contribution in [0.1, 0.15) is 43.1 Å². The van der Waals surface area contributed by atoms with Crippen molar-refractivity contribution in [1.29, 1.82) is 0 Å². The smallest absolute Gasteiger partial charge is 0.120 e. The molecule has 1 atom stereocenters. The molecule has 2 rings (SSSR count). The molecule has 0 fully saturated rings. The number of aryl methyl sites for hydroxylation is 2. The van der Waals surface area contributed by atoms with Gasteiger partial charge in [-0.2, -0.15) is 0 Å². The maximum atomic E-state index is 10.4. The van der Waals surface area contributed by atoms with Crippen LogP contribution < -0.4 is 4.74 Å². The molecule has 2 aromatic rings. The normalized spacial score (nSPS) is 12.4. The van der Waals surface area contributed by atoms with Crippen LogP contribution in [0.3, 0.4) is 0 Å². The number of ether oxygens (including phenoxy) is 1. The second kappa shape index (κ2) is 7.28. The number of aliphatic hydroxyl groups is 1. The highest BCUT2D eigenvalue weighted by Crippen LogP contribution is 2.24. The molecule has 0 radical (unpaired) electrons. The highest BCUT2D eigenvalue weighted by molar-refractivity contribution is 5.31. The number of rotatable bonds is 6. The van der Waals surface area contributed by atoms with Gasteiger partial charge < -0.3 is 9.84 Å². The summed E-state index contributed by atoms with van der Waals surface area (Å²) in [6, 6.07) is 16.1. The molecule has 21 heavy (non-hydrogen) atoms. The van der Waals surface area contributed by atoms with Crippen molar-refractivity contribution in [3.05, 3.63) is 65.2 Å². The SMILES string of the molecule is Cc1ccccc1CCC(O)c1cccc(OC(C)C)c1. The van der Waals surface area contributed by atoms with Crippen LogP contribution in [0.25, 0.3) is 0 Å². The zero-order valence-corrected chi connectivity index (χ0v) is 13.0. The number of hydrogen-bond acceptors (Lipinski definition) is 2. The third kappa shape index (κ3) is 4.61. The third-order valence-electron chi connectivity index (χ3n) is 3.56. The van der Waals surface area contributed by atoms with Crippen molar-refractivity contribution in [3.8, 4) is 5.75 Å². The zero-order valence-electron chi connectivity index (χ0n) is 13.0. The molecule has 0 heterocycles. The lowest BCUT2D eigenvalue weighted by Crippen LogP contribution is -2.06. The summed E-state index contributed by atoms with van der Waals surface area (Å²) in [6.45, 7) is 6.11. The van der Waals surface area contributed by atoms with Gasteiger partial charge in [0.2, 0.25) is 0 Å². The van der Waals surface area contributed by atoms with Gasteiger partial charge in [-0.05, 0) is 62.4 Å². The van der Waals surface area contributed by atoms with Gasteiger partial charge in [-0.3, -0.25) is 0 Å². The molecule has 0 amide bonds. The molecule has 0 aliphatic rings. The van der Waals surface area contributed by atoms with Crippen LogP contribution in [-0.2, 0) is 6.42 Å². The fourth-order valence-electron chi connectivity index (χ4n) is 2.42. The molecule has 0 bridgehead atoms. The van der Waals surface area contributed by atoms with Crippen molar-refractivity contribution in [2.75, 3.05) is 0 Å². The fraction of sp³-hybridized carbons (Fsp3) is 0.368. The average Bonchev–Trinajstić information content (AvgIpc) is 2.45. The maximum absolute atomic E-state index is 10.4. The van der Waals surface area contributed by atoms with Gasteiger partial charge in [0.05, 0.1) is 12.2 Å². The molecule has 0 aliphatic heterocycles. The Morgan fingerprint density at radius 3 is 2.52 bits per heavy atom. The molecule has 0 aliphatic carbocycles. The average molecular weight is 284 g/mol. The molecule has 1 unspecified atom stereocenters. The lowest BCUT2D eigenvalue weighted by Gasteiger charge is -2.15. The first-order chi connectivity index (χ1) is 10.1. The first-order valence-corrected chi connectivity index (χ1v) is 7.55. The highest BCUT2D eigenvalue weighted by Gasteiger charge is 2.10. The van der Waals surface area contributed by atoms with Crippen molar-refractivity contribution in [3.63, 3.8) is 0 Å². The van der Waals surface area contributed by atoms with Crippen LogP contribution in [0.2, 0.25) is 0 Å². The summed E-state index contributed by atoms with van der Waals surface area (Å²) < 4.78 is 5.68. The Morgan fingerprint density at radius 2 is 1.81 bits per heavy atom. The van der Waals surface area contributed by atoms with Gasteiger partial charge in [0.25, 0.3) is 0 Å². The number of aliphatic hydroxyl groups excluding tert-OH is 1. The molecule has 0 spiro atoms. The Balaban J connectivity index is 2.00. The zero-order chi connectivity index (χ0) is 15.2. The van der Waals surface area contributed by atoms with E-state index in [-0.39, 0.29) is 6.10 Å². The summed E-state index contributed by atoms with van der Waals surface area (Å²) >= 11 is 0. The van der Waals surface area contributed by atoms with E-state index >= 15 is 0 Å². The topological polar surface area (TPSA) is 29.5 Å². The number of hydrogen-bond donors (Lipinski definition) is 1. The number of benzene rings is 2. The molecule has 0 saturated heterocycles. The molecular formula is C19H24O2. The molecular weight excluding hydrogens is 260 g/mol. The Labute approximate surface area is 127 Å². The summed E-state index contributed by atoms with van der Waals surface area (Å²) in [7, 11) is 0. The van der Waals surface area contributed by atoms with Crippen LogP contribution in [0.4, 0.5) is 0 Å². The minimum absolute atomic E-state index is 0.143. The second-order valence-electron chi connectivity index (χ2n) is 5.72. The van der Waals surface area contributed by atoms with E-state index in [2.05, 4.69) is 19.1 Å². The van der Waals surface area contributed by atoms with Gasteiger partial charge in [-0.15, -0.1) is 0 Å². The summed E-state index contributed by atoms with van der Waals surface area (Å²) in [6.07, 6.45) is 1.28. The van der Waals surface area contributed by atoms with Gasteiger partial charge in [0.15, 0.2) is 0 Å². The summed E-state index contributed by atoms with van der Waals surface area (Å²) in [5.41, 5.74) is 3.49. The molecule has 0 saturated carbocycles. The van der Waals surface area contributed by atoms with Crippen molar-refractivity contribution in [2.24, 2.45) is 0 Å². The molecule has 2 heteroatoms. The maximum Gasteiger partial charge on any atom is 0.120 e. The Morgan fingerprint density at radius 1 is 1.05 bits per heavy atom. The van der Waals surface area contributed by atoms with E-state index in [1.807, 2.05) is 50.2 Å². The van der Waals surface area contributed by atoms with Gasteiger partial charge in [0, 0.05) is 0 Å². The second-order valence-corrected chi connectivity index (χ2v) is 5.72. The predicted octanol–water partition coefficient (Wildman–Crippen LogP) is 4.45. The monoisotopic (exact) mass is 284 g/mol. The summed E-state index contributed by atoms with van der Waals surface area (Å²) in [5, 5.41) is 10.4. The molecule has 1 N–H and O–H groups in total.